The van der Waals surface area contributed by atoms with Crippen molar-refractivity contribution in [2.75, 3.05) is 0 Å². The Labute approximate surface area is 166 Å². The number of nitrogens with one attached hydrogen (secondary N) is 1. The van der Waals surface area contributed by atoms with Crippen molar-refractivity contribution in [3.05, 3.63) is 81.3 Å². The van der Waals surface area contributed by atoms with E-state index in [0.717, 1.165) is 32.7 Å². The lowest BCUT2D eigenvalue weighted by molar-refractivity contribution is -0.121. The molecule has 3 rings (SSSR count). The molecule has 0 fully saturated rings. The molecular formula is C21H21BrFN3O. The first-order chi connectivity index (χ1) is 12.8. The zero-order valence-corrected chi connectivity index (χ0v) is 17.0. The predicted molar refractivity (Wildman–Crippen MR) is 107 cm³/mol. The second-order valence-electron chi connectivity index (χ2n) is 6.56. The molecule has 3 aromatic rings. The lowest BCUT2D eigenvalue weighted by Gasteiger charge is -2.15. The van der Waals surface area contributed by atoms with Gasteiger partial charge in [-0.3, -0.25) is 4.79 Å². The molecule has 1 amide bonds. The molecule has 140 valence electrons. The summed E-state index contributed by atoms with van der Waals surface area (Å²) >= 11 is 3.45. The van der Waals surface area contributed by atoms with Crippen LogP contribution in [0.1, 0.15) is 35.5 Å². The molecule has 1 N–H and O–H groups in total. The van der Waals surface area contributed by atoms with E-state index in [2.05, 4.69) is 26.3 Å². The van der Waals surface area contributed by atoms with Gasteiger partial charge in [0.2, 0.25) is 5.91 Å². The van der Waals surface area contributed by atoms with Crippen molar-refractivity contribution in [1.82, 2.24) is 15.1 Å². The molecule has 0 spiro atoms. The topological polar surface area (TPSA) is 46.9 Å². The van der Waals surface area contributed by atoms with Crippen molar-refractivity contribution < 1.29 is 9.18 Å². The maximum absolute atomic E-state index is 13.2. The van der Waals surface area contributed by atoms with Crippen molar-refractivity contribution in [3.63, 3.8) is 0 Å². The summed E-state index contributed by atoms with van der Waals surface area (Å²) in [5.74, 6) is -0.353. The molecule has 0 radical (unpaired) electrons. The fourth-order valence-electron chi connectivity index (χ4n) is 3.08. The SMILES string of the molecule is Cc1nn(-c2ccc(F)cc2)c(C)c1CC(=O)NC(C)c1cccc(Br)c1. The summed E-state index contributed by atoms with van der Waals surface area (Å²) in [4.78, 5) is 12.6. The van der Waals surface area contributed by atoms with Gasteiger partial charge in [0, 0.05) is 15.7 Å². The number of hydrogen-bond donors (Lipinski definition) is 1. The molecule has 2 aromatic carbocycles. The quantitative estimate of drug-likeness (QED) is 0.632. The summed E-state index contributed by atoms with van der Waals surface area (Å²) in [7, 11) is 0. The van der Waals surface area contributed by atoms with Gasteiger partial charge in [0.05, 0.1) is 23.8 Å². The first kappa shape index (κ1) is 19.3. The van der Waals surface area contributed by atoms with E-state index in [0.29, 0.717) is 0 Å². The summed E-state index contributed by atoms with van der Waals surface area (Å²) < 4.78 is 15.9. The third-order valence-electron chi connectivity index (χ3n) is 4.58. The minimum absolute atomic E-state index is 0.0627. The van der Waals surface area contributed by atoms with Crippen molar-refractivity contribution in [2.24, 2.45) is 0 Å². The Morgan fingerprint density at radius 2 is 1.93 bits per heavy atom. The number of amides is 1. The highest BCUT2D eigenvalue weighted by atomic mass is 79.9. The number of carbonyl (C=O) groups excluding carboxylic acids is 1. The van der Waals surface area contributed by atoms with Crippen LogP contribution in [0.5, 0.6) is 0 Å². The standard InChI is InChI=1S/C21H21BrFN3O/c1-13(16-5-4-6-17(22)11-16)24-21(27)12-20-14(2)25-26(15(20)3)19-9-7-18(23)8-10-19/h4-11,13H,12H2,1-3H3,(H,24,27). The number of carbonyl (C=O) groups is 1. The van der Waals surface area contributed by atoms with E-state index in [1.807, 2.05) is 45.0 Å². The molecule has 1 atom stereocenters. The number of rotatable bonds is 5. The molecule has 0 aliphatic carbocycles. The number of hydrogen-bond acceptors (Lipinski definition) is 2. The van der Waals surface area contributed by atoms with E-state index < -0.39 is 0 Å². The Bertz CT molecular complexity index is 966. The average Bonchev–Trinajstić information content (AvgIpc) is 2.90. The van der Waals surface area contributed by atoms with Crippen molar-refractivity contribution >= 4 is 21.8 Å². The summed E-state index contributed by atoms with van der Waals surface area (Å²) in [6.07, 6.45) is 0.247. The second kappa shape index (κ2) is 8.05. The monoisotopic (exact) mass is 429 g/mol. The van der Waals surface area contributed by atoms with Gasteiger partial charge in [-0.05, 0) is 62.7 Å². The molecule has 0 aliphatic rings. The molecule has 4 nitrogen and oxygen atoms in total. The van der Waals surface area contributed by atoms with Gasteiger partial charge in [0.25, 0.3) is 0 Å². The van der Waals surface area contributed by atoms with Crippen LogP contribution in [-0.2, 0) is 11.2 Å². The first-order valence-electron chi connectivity index (χ1n) is 8.71. The van der Waals surface area contributed by atoms with Crippen LogP contribution < -0.4 is 5.32 Å². The predicted octanol–water partition coefficient (Wildman–Crippen LogP) is 4.81. The highest BCUT2D eigenvalue weighted by Gasteiger charge is 2.17. The zero-order valence-electron chi connectivity index (χ0n) is 15.5. The molecular weight excluding hydrogens is 409 g/mol. The van der Waals surface area contributed by atoms with E-state index in [-0.39, 0.29) is 24.2 Å². The van der Waals surface area contributed by atoms with Gasteiger partial charge < -0.3 is 5.32 Å². The summed E-state index contributed by atoms with van der Waals surface area (Å²) in [6.45, 7) is 5.76. The fourth-order valence-corrected chi connectivity index (χ4v) is 3.49. The van der Waals surface area contributed by atoms with Crippen LogP contribution in [0.4, 0.5) is 4.39 Å². The van der Waals surface area contributed by atoms with E-state index in [1.54, 1.807) is 16.8 Å². The molecule has 0 aliphatic heterocycles. The number of halogens is 2. The highest BCUT2D eigenvalue weighted by Crippen LogP contribution is 2.21. The van der Waals surface area contributed by atoms with E-state index in [9.17, 15) is 9.18 Å². The van der Waals surface area contributed by atoms with Crippen LogP contribution in [0.15, 0.2) is 53.0 Å². The van der Waals surface area contributed by atoms with Crippen LogP contribution in [0.2, 0.25) is 0 Å². The summed E-state index contributed by atoms with van der Waals surface area (Å²) in [5, 5.41) is 7.56. The summed E-state index contributed by atoms with van der Waals surface area (Å²) in [6, 6.07) is 13.9. The van der Waals surface area contributed by atoms with Gasteiger partial charge in [0.1, 0.15) is 5.82 Å². The van der Waals surface area contributed by atoms with Crippen molar-refractivity contribution in [3.8, 4) is 5.69 Å². The number of nitrogens with zero attached hydrogens (tertiary/aromatic N) is 2. The maximum Gasteiger partial charge on any atom is 0.225 e. The van der Waals surface area contributed by atoms with Crippen LogP contribution in [0.25, 0.3) is 5.69 Å². The Morgan fingerprint density at radius 3 is 2.59 bits per heavy atom. The molecule has 0 saturated heterocycles. The second-order valence-corrected chi connectivity index (χ2v) is 7.47. The average molecular weight is 430 g/mol. The largest absolute Gasteiger partial charge is 0.349 e. The lowest BCUT2D eigenvalue weighted by Crippen LogP contribution is -2.28. The van der Waals surface area contributed by atoms with Crippen LogP contribution in [0.3, 0.4) is 0 Å². The maximum atomic E-state index is 13.2. The van der Waals surface area contributed by atoms with E-state index >= 15 is 0 Å². The van der Waals surface area contributed by atoms with Gasteiger partial charge in [-0.2, -0.15) is 5.10 Å². The van der Waals surface area contributed by atoms with Crippen LogP contribution in [0, 0.1) is 19.7 Å². The molecule has 0 bridgehead atoms. The molecule has 1 aromatic heterocycles. The Kier molecular flexibility index (Phi) is 5.75. The van der Waals surface area contributed by atoms with Gasteiger partial charge in [0.15, 0.2) is 0 Å². The van der Waals surface area contributed by atoms with Crippen molar-refractivity contribution in [2.45, 2.75) is 33.2 Å². The first-order valence-corrected chi connectivity index (χ1v) is 9.50. The third kappa shape index (κ3) is 4.45. The molecule has 1 unspecified atom stereocenters. The molecule has 27 heavy (non-hydrogen) atoms. The van der Waals surface area contributed by atoms with Gasteiger partial charge >= 0.3 is 0 Å². The van der Waals surface area contributed by atoms with E-state index in [4.69, 9.17) is 0 Å². The Balaban J connectivity index is 1.75. The highest BCUT2D eigenvalue weighted by molar-refractivity contribution is 9.10. The molecule has 6 heteroatoms. The minimum atomic E-state index is -0.290. The molecule has 0 saturated carbocycles. The number of aryl methyl sites for hydroxylation is 1. The van der Waals surface area contributed by atoms with Gasteiger partial charge in [-0.15, -0.1) is 0 Å². The zero-order chi connectivity index (χ0) is 19.6. The van der Waals surface area contributed by atoms with Gasteiger partial charge in [-0.1, -0.05) is 28.1 Å². The van der Waals surface area contributed by atoms with Gasteiger partial charge in [-0.25, -0.2) is 9.07 Å². The Morgan fingerprint density at radius 1 is 1.22 bits per heavy atom. The van der Waals surface area contributed by atoms with E-state index in [1.165, 1.54) is 12.1 Å². The minimum Gasteiger partial charge on any atom is -0.349 e. The van der Waals surface area contributed by atoms with Crippen LogP contribution >= 0.6 is 15.9 Å². The molecule has 1 heterocycles. The number of benzene rings is 2. The third-order valence-corrected chi connectivity index (χ3v) is 5.07. The van der Waals surface area contributed by atoms with Crippen LogP contribution in [-0.4, -0.2) is 15.7 Å². The normalized spacial score (nSPS) is 12.0. The fraction of sp³-hybridized carbons (Fsp3) is 0.238. The van der Waals surface area contributed by atoms with Crippen molar-refractivity contribution in [1.29, 1.82) is 0 Å². The lowest BCUT2D eigenvalue weighted by atomic mass is 10.1. The smallest absolute Gasteiger partial charge is 0.225 e. The number of aromatic nitrogens is 2. The Hall–Kier alpha value is -2.47. The summed E-state index contributed by atoms with van der Waals surface area (Å²) in [5.41, 5.74) is 4.36.